The molecule has 0 aromatic carbocycles. The molecule has 0 atom stereocenters. The maximum atomic E-state index is 8.19. The van der Waals surface area contributed by atoms with Crippen LogP contribution in [-0.4, -0.2) is 0 Å². The van der Waals surface area contributed by atoms with E-state index in [9.17, 15) is 0 Å². The van der Waals surface area contributed by atoms with Gasteiger partial charge in [-0.05, 0) is 6.08 Å². The van der Waals surface area contributed by atoms with E-state index >= 15 is 0 Å². The Morgan fingerprint density at radius 2 is 1.80 bits per heavy atom. The number of hydrogen-bond acceptors (Lipinski definition) is 4. The second kappa shape index (κ2) is 3.95. The van der Waals surface area contributed by atoms with Gasteiger partial charge in [-0.2, -0.15) is 15.8 Å². The normalized spacial score (nSPS) is 9.60. The summed E-state index contributed by atoms with van der Waals surface area (Å²) in [6.45, 7) is 0. The van der Waals surface area contributed by atoms with Crippen molar-refractivity contribution in [1.29, 1.82) is 15.8 Å². The summed E-state index contributed by atoms with van der Waals surface area (Å²) in [6, 6.07) is 4.90. The van der Waals surface area contributed by atoms with Gasteiger partial charge in [0.15, 0.2) is 5.92 Å². The van der Waals surface area contributed by atoms with Crippen molar-refractivity contribution >= 4 is 0 Å². The van der Waals surface area contributed by atoms with Gasteiger partial charge in [-0.25, -0.2) is 0 Å². The molecule has 48 valence electrons. The average Bonchev–Trinajstić information content (AvgIpc) is 1.99. The van der Waals surface area contributed by atoms with Gasteiger partial charge in [0.25, 0.3) is 0 Å². The lowest BCUT2D eigenvalue weighted by molar-refractivity contribution is 1.07. The van der Waals surface area contributed by atoms with Crippen LogP contribution in [0.3, 0.4) is 0 Å². The molecule has 0 radical (unpaired) electrons. The molecular weight excluding hydrogens is 128 g/mol. The minimum atomic E-state index is -0.917. The molecule has 0 heterocycles. The van der Waals surface area contributed by atoms with Gasteiger partial charge < -0.3 is 5.73 Å². The van der Waals surface area contributed by atoms with Gasteiger partial charge in [0.2, 0.25) is 0 Å². The molecule has 0 aliphatic heterocycles. The summed E-state index contributed by atoms with van der Waals surface area (Å²) < 4.78 is 0. The molecule has 0 aromatic heterocycles. The zero-order valence-corrected chi connectivity index (χ0v) is 5.07. The molecule has 4 heteroatoms. The van der Waals surface area contributed by atoms with Crippen molar-refractivity contribution in [3.05, 3.63) is 11.8 Å². The lowest BCUT2D eigenvalue weighted by atomic mass is 10.2. The zero-order chi connectivity index (χ0) is 7.98. The SMILES string of the molecule is N#CC(N)=CC(C#N)C#N. The second-order valence-corrected chi connectivity index (χ2v) is 1.47. The molecule has 0 amide bonds. The molecule has 0 bridgehead atoms. The van der Waals surface area contributed by atoms with Crippen molar-refractivity contribution in [1.82, 2.24) is 0 Å². The summed E-state index contributed by atoms with van der Waals surface area (Å²) in [5, 5.41) is 24.5. The third-order valence-electron chi connectivity index (χ3n) is 0.753. The topological polar surface area (TPSA) is 97.4 Å². The van der Waals surface area contributed by atoms with Crippen molar-refractivity contribution in [2.75, 3.05) is 0 Å². The van der Waals surface area contributed by atoms with Gasteiger partial charge in [-0.3, -0.25) is 0 Å². The van der Waals surface area contributed by atoms with Crippen LogP contribution in [0, 0.1) is 39.9 Å². The van der Waals surface area contributed by atoms with Gasteiger partial charge >= 0.3 is 0 Å². The first-order valence-corrected chi connectivity index (χ1v) is 2.41. The number of allylic oxidation sites excluding steroid dienone is 2. The van der Waals surface area contributed by atoms with E-state index in [1.807, 2.05) is 0 Å². The Hall–Kier alpha value is -1.99. The zero-order valence-electron chi connectivity index (χ0n) is 5.07. The van der Waals surface area contributed by atoms with Crippen LogP contribution in [0.4, 0.5) is 0 Å². The fourth-order valence-electron chi connectivity index (χ4n) is 0.320. The quantitative estimate of drug-likeness (QED) is 0.508. The van der Waals surface area contributed by atoms with Crippen molar-refractivity contribution in [3.63, 3.8) is 0 Å². The maximum Gasteiger partial charge on any atom is 0.154 e. The Balaban J connectivity index is 4.33. The summed E-state index contributed by atoms with van der Waals surface area (Å²) in [4.78, 5) is 0. The second-order valence-electron chi connectivity index (χ2n) is 1.47. The number of hydrogen-bond donors (Lipinski definition) is 1. The van der Waals surface area contributed by atoms with E-state index in [4.69, 9.17) is 21.5 Å². The van der Waals surface area contributed by atoms with Crippen LogP contribution in [0.25, 0.3) is 0 Å². The van der Waals surface area contributed by atoms with Crippen LogP contribution >= 0.6 is 0 Å². The van der Waals surface area contributed by atoms with Crippen molar-refractivity contribution in [3.8, 4) is 18.2 Å². The van der Waals surface area contributed by atoms with Crippen LogP contribution in [0.1, 0.15) is 0 Å². The Bertz CT molecular complexity index is 243. The van der Waals surface area contributed by atoms with E-state index in [-0.39, 0.29) is 5.70 Å². The molecule has 0 aromatic rings. The Labute approximate surface area is 58.4 Å². The molecule has 10 heavy (non-hydrogen) atoms. The average molecular weight is 132 g/mol. The molecule has 0 saturated carbocycles. The molecule has 0 aliphatic carbocycles. The van der Waals surface area contributed by atoms with Crippen LogP contribution in [-0.2, 0) is 0 Å². The van der Waals surface area contributed by atoms with Crippen LogP contribution < -0.4 is 5.73 Å². The summed E-state index contributed by atoms with van der Waals surface area (Å²) in [5.74, 6) is -0.917. The molecule has 0 rings (SSSR count). The summed E-state index contributed by atoms with van der Waals surface area (Å²) in [7, 11) is 0. The van der Waals surface area contributed by atoms with Gasteiger partial charge in [0.1, 0.15) is 11.8 Å². The third-order valence-corrected chi connectivity index (χ3v) is 0.753. The monoisotopic (exact) mass is 132 g/mol. The predicted molar refractivity (Wildman–Crippen MR) is 32.6 cm³/mol. The molecule has 0 unspecified atom stereocenters. The highest BCUT2D eigenvalue weighted by Crippen LogP contribution is 1.95. The first kappa shape index (κ1) is 8.01. The molecule has 0 aliphatic rings. The Morgan fingerprint density at radius 1 is 1.30 bits per heavy atom. The maximum absolute atomic E-state index is 8.19. The summed E-state index contributed by atoms with van der Waals surface area (Å²) in [5.41, 5.74) is 4.92. The van der Waals surface area contributed by atoms with Crippen molar-refractivity contribution in [2.24, 2.45) is 11.7 Å². The van der Waals surface area contributed by atoms with E-state index in [0.717, 1.165) is 6.08 Å². The minimum Gasteiger partial charge on any atom is -0.390 e. The third kappa shape index (κ3) is 2.35. The fraction of sp³-hybridized carbons (Fsp3) is 0.167. The van der Waals surface area contributed by atoms with Gasteiger partial charge in [-0.15, -0.1) is 0 Å². The number of nitriles is 3. The van der Waals surface area contributed by atoms with Crippen LogP contribution in [0.2, 0.25) is 0 Å². The van der Waals surface area contributed by atoms with E-state index in [0.29, 0.717) is 0 Å². The Morgan fingerprint density at radius 3 is 2.10 bits per heavy atom. The summed E-state index contributed by atoms with van der Waals surface area (Å²) in [6.07, 6.45) is 1.11. The molecule has 4 nitrogen and oxygen atoms in total. The van der Waals surface area contributed by atoms with Gasteiger partial charge in [0.05, 0.1) is 12.1 Å². The molecule has 0 spiro atoms. The smallest absolute Gasteiger partial charge is 0.154 e. The van der Waals surface area contributed by atoms with Crippen LogP contribution in [0.5, 0.6) is 0 Å². The fourth-order valence-corrected chi connectivity index (χ4v) is 0.320. The number of nitrogens with zero attached hydrogens (tertiary/aromatic N) is 3. The van der Waals surface area contributed by atoms with E-state index in [1.165, 1.54) is 0 Å². The highest BCUT2D eigenvalue weighted by atomic mass is 14.6. The molecule has 0 fully saturated rings. The van der Waals surface area contributed by atoms with Crippen LogP contribution in [0.15, 0.2) is 11.8 Å². The number of rotatable bonds is 1. The van der Waals surface area contributed by atoms with Crippen molar-refractivity contribution in [2.45, 2.75) is 0 Å². The first-order valence-electron chi connectivity index (χ1n) is 2.41. The standard InChI is InChI=1S/C6H4N4/c7-2-5(3-8)1-6(10)4-9/h1,5H,10H2. The van der Waals surface area contributed by atoms with E-state index in [2.05, 4.69) is 0 Å². The molecular formula is C6H4N4. The molecule has 0 saturated heterocycles. The summed E-state index contributed by atoms with van der Waals surface area (Å²) >= 11 is 0. The minimum absolute atomic E-state index is 0.104. The highest BCUT2D eigenvalue weighted by molar-refractivity contribution is 5.23. The Kier molecular flexibility index (Phi) is 3.16. The lowest BCUT2D eigenvalue weighted by Crippen LogP contribution is -1.97. The highest BCUT2D eigenvalue weighted by Gasteiger charge is 1.99. The molecule has 2 N–H and O–H groups in total. The van der Waals surface area contributed by atoms with Gasteiger partial charge in [-0.1, -0.05) is 0 Å². The van der Waals surface area contributed by atoms with Gasteiger partial charge in [0, 0.05) is 0 Å². The lowest BCUT2D eigenvalue weighted by Gasteiger charge is -1.86. The van der Waals surface area contributed by atoms with E-state index < -0.39 is 5.92 Å². The van der Waals surface area contributed by atoms with Crippen molar-refractivity contribution < 1.29 is 0 Å². The largest absolute Gasteiger partial charge is 0.390 e. The first-order chi connectivity index (χ1) is 4.74. The number of nitrogens with two attached hydrogens (primary N) is 1. The van der Waals surface area contributed by atoms with E-state index in [1.54, 1.807) is 18.2 Å². The predicted octanol–water partition coefficient (Wildman–Crippen LogP) is 0.0159.